The van der Waals surface area contributed by atoms with E-state index in [2.05, 4.69) is 5.10 Å². The summed E-state index contributed by atoms with van der Waals surface area (Å²) in [4.78, 5) is 10.8. The molecule has 0 bridgehead atoms. The van der Waals surface area contributed by atoms with E-state index in [1.54, 1.807) is 23.0 Å². The summed E-state index contributed by atoms with van der Waals surface area (Å²) < 4.78 is 21.1. The molecule has 5 nitrogen and oxygen atoms in total. The van der Waals surface area contributed by atoms with Crippen molar-refractivity contribution in [2.45, 2.75) is 26.5 Å². The van der Waals surface area contributed by atoms with Gasteiger partial charge in [0.05, 0.1) is 24.7 Å². The highest BCUT2D eigenvalue weighted by atomic mass is 19.1. The Labute approximate surface area is 173 Å². The summed E-state index contributed by atoms with van der Waals surface area (Å²) in [5.74, 6) is -0.382. The molecule has 0 radical (unpaired) electrons. The predicted molar refractivity (Wildman–Crippen MR) is 113 cm³/mol. The number of ether oxygens (including phenoxy) is 1. The van der Waals surface area contributed by atoms with E-state index in [0.717, 1.165) is 33.2 Å². The van der Waals surface area contributed by atoms with E-state index in [1.807, 2.05) is 49.4 Å². The van der Waals surface area contributed by atoms with Crippen LogP contribution in [0.5, 0.6) is 5.75 Å². The van der Waals surface area contributed by atoms with Gasteiger partial charge in [-0.3, -0.25) is 9.48 Å². The monoisotopic (exact) mass is 404 g/mol. The number of carboxylic acid groups (broad SMARTS) is 1. The van der Waals surface area contributed by atoms with Crippen molar-refractivity contribution < 1.29 is 19.0 Å². The zero-order valence-electron chi connectivity index (χ0n) is 16.5. The summed E-state index contributed by atoms with van der Waals surface area (Å²) in [6.07, 6.45) is 1.74. The van der Waals surface area contributed by atoms with Crippen molar-refractivity contribution in [1.29, 1.82) is 0 Å². The SMILES string of the molecule is Cc1ccc(F)cc1-c1ccc(COc2ccc3c(cnn3CCC(=O)O)c2)cc1. The van der Waals surface area contributed by atoms with E-state index in [9.17, 15) is 9.18 Å². The maximum Gasteiger partial charge on any atom is 0.305 e. The number of carbonyl (C=O) groups is 1. The number of rotatable bonds is 7. The maximum atomic E-state index is 13.6. The maximum absolute atomic E-state index is 13.6. The fourth-order valence-corrected chi connectivity index (χ4v) is 3.39. The van der Waals surface area contributed by atoms with Gasteiger partial charge in [-0.1, -0.05) is 30.3 Å². The molecule has 0 amide bonds. The van der Waals surface area contributed by atoms with E-state index in [1.165, 1.54) is 6.07 Å². The topological polar surface area (TPSA) is 64.4 Å². The van der Waals surface area contributed by atoms with Crippen LogP contribution < -0.4 is 4.74 Å². The fraction of sp³-hybridized carbons (Fsp3) is 0.167. The van der Waals surface area contributed by atoms with Gasteiger partial charge >= 0.3 is 5.97 Å². The standard InChI is InChI=1S/C24H21FN2O3/c1-16-2-7-20(25)13-22(16)18-5-3-17(4-6-18)15-30-21-8-9-23-19(12-21)14-26-27(23)11-10-24(28)29/h2-9,12-14H,10-11,15H2,1H3,(H,28,29). The Morgan fingerprint density at radius 1 is 1.10 bits per heavy atom. The molecule has 0 spiro atoms. The quantitative estimate of drug-likeness (QED) is 0.460. The summed E-state index contributed by atoms with van der Waals surface area (Å²) in [5, 5.41) is 14.0. The molecular formula is C24H21FN2O3. The Morgan fingerprint density at radius 3 is 2.67 bits per heavy atom. The molecule has 0 aliphatic carbocycles. The minimum atomic E-state index is -0.850. The molecule has 4 rings (SSSR count). The summed E-state index contributed by atoms with van der Waals surface area (Å²) in [6.45, 7) is 2.70. The molecule has 152 valence electrons. The second-order valence-electron chi connectivity index (χ2n) is 7.18. The van der Waals surface area contributed by atoms with Crippen LogP contribution in [0, 0.1) is 12.7 Å². The van der Waals surface area contributed by atoms with Crippen molar-refractivity contribution in [2.24, 2.45) is 0 Å². The Kier molecular flexibility index (Phi) is 5.48. The average Bonchev–Trinajstić information content (AvgIpc) is 3.15. The Balaban J connectivity index is 1.43. The van der Waals surface area contributed by atoms with Crippen LogP contribution in [0.4, 0.5) is 4.39 Å². The first kappa shape index (κ1) is 19.6. The highest BCUT2D eigenvalue weighted by Gasteiger charge is 2.07. The van der Waals surface area contributed by atoms with Gasteiger partial charge in [-0.2, -0.15) is 5.10 Å². The van der Waals surface area contributed by atoms with E-state index in [4.69, 9.17) is 9.84 Å². The number of hydrogen-bond acceptors (Lipinski definition) is 3. The third-order valence-corrected chi connectivity index (χ3v) is 5.02. The zero-order chi connectivity index (χ0) is 21.1. The number of benzene rings is 3. The number of nitrogens with zero attached hydrogens (tertiary/aromatic N) is 2. The molecule has 0 aliphatic heterocycles. The van der Waals surface area contributed by atoms with Gasteiger partial charge in [0.25, 0.3) is 0 Å². The first-order chi connectivity index (χ1) is 14.5. The van der Waals surface area contributed by atoms with Crippen molar-refractivity contribution in [2.75, 3.05) is 0 Å². The van der Waals surface area contributed by atoms with Gasteiger partial charge in [0.1, 0.15) is 18.2 Å². The second-order valence-corrected chi connectivity index (χ2v) is 7.18. The van der Waals surface area contributed by atoms with Crippen molar-refractivity contribution >= 4 is 16.9 Å². The molecule has 0 aliphatic rings. The molecule has 0 atom stereocenters. The lowest BCUT2D eigenvalue weighted by Gasteiger charge is -2.09. The Hall–Kier alpha value is -3.67. The number of halogens is 1. The molecule has 4 aromatic rings. The van der Waals surface area contributed by atoms with Gasteiger partial charge in [-0.15, -0.1) is 0 Å². The number of aliphatic carboxylic acids is 1. The molecule has 1 aromatic heterocycles. The Morgan fingerprint density at radius 2 is 1.90 bits per heavy atom. The van der Waals surface area contributed by atoms with Gasteiger partial charge in [0.15, 0.2) is 0 Å². The van der Waals surface area contributed by atoms with Crippen molar-refractivity contribution in [3.05, 3.63) is 83.8 Å². The van der Waals surface area contributed by atoms with Crippen molar-refractivity contribution in [1.82, 2.24) is 9.78 Å². The van der Waals surface area contributed by atoms with Gasteiger partial charge in [-0.05, 0) is 59.5 Å². The number of aromatic nitrogens is 2. The van der Waals surface area contributed by atoms with Crippen LogP contribution in [-0.2, 0) is 17.9 Å². The van der Waals surface area contributed by atoms with E-state index < -0.39 is 5.97 Å². The zero-order valence-corrected chi connectivity index (χ0v) is 16.5. The highest BCUT2D eigenvalue weighted by molar-refractivity contribution is 5.80. The third-order valence-electron chi connectivity index (χ3n) is 5.02. The van der Waals surface area contributed by atoms with Crippen LogP contribution in [-0.4, -0.2) is 20.9 Å². The largest absolute Gasteiger partial charge is 0.489 e. The molecule has 0 fully saturated rings. The minimum absolute atomic E-state index is 0.0280. The molecule has 30 heavy (non-hydrogen) atoms. The number of carboxylic acids is 1. The van der Waals surface area contributed by atoms with Crippen molar-refractivity contribution in [3.8, 4) is 16.9 Å². The molecule has 0 saturated carbocycles. The van der Waals surface area contributed by atoms with Gasteiger partial charge in [0, 0.05) is 5.39 Å². The van der Waals surface area contributed by atoms with E-state index in [0.29, 0.717) is 18.9 Å². The average molecular weight is 404 g/mol. The summed E-state index contributed by atoms with van der Waals surface area (Å²) in [7, 11) is 0. The number of hydrogen-bond donors (Lipinski definition) is 1. The lowest BCUT2D eigenvalue weighted by molar-refractivity contribution is -0.137. The second kappa shape index (κ2) is 8.37. The molecule has 1 N–H and O–H groups in total. The van der Waals surface area contributed by atoms with Crippen LogP contribution in [0.3, 0.4) is 0 Å². The fourth-order valence-electron chi connectivity index (χ4n) is 3.39. The van der Waals surface area contributed by atoms with Crippen LogP contribution in [0.1, 0.15) is 17.5 Å². The van der Waals surface area contributed by atoms with Crippen LogP contribution >= 0.6 is 0 Å². The molecule has 0 unspecified atom stereocenters. The number of aryl methyl sites for hydroxylation is 2. The normalized spacial score (nSPS) is 11.0. The molecule has 3 aromatic carbocycles. The van der Waals surface area contributed by atoms with Crippen molar-refractivity contribution in [3.63, 3.8) is 0 Å². The van der Waals surface area contributed by atoms with Gasteiger partial charge in [-0.25, -0.2) is 4.39 Å². The van der Waals surface area contributed by atoms with Crippen LogP contribution in [0.2, 0.25) is 0 Å². The first-order valence-electron chi connectivity index (χ1n) is 9.65. The van der Waals surface area contributed by atoms with Crippen LogP contribution in [0.15, 0.2) is 66.9 Å². The molecule has 1 heterocycles. The van der Waals surface area contributed by atoms with E-state index in [-0.39, 0.29) is 12.2 Å². The van der Waals surface area contributed by atoms with Gasteiger partial charge in [0.2, 0.25) is 0 Å². The summed E-state index contributed by atoms with van der Waals surface area (Å²) in [5.41, 5.74) is 4.75. The lowest BCUT2D eigenvalue weighted by atomic mass is 9.99. The minimum Gasteiger partial charge on any atom is -0.489 e. The molecular weight excluding hydrogens is 383 g/mol. The third kappa shape index (κ3) is 4.33. The molecule has 0 saturated heterocycles. The summed E-state index contributed by atoms with van der Waals surface area (Å²) >= 11 is 0. The molecule has 6 heteroatoms. The number of fused-ring (bicyclic) bond motifs is 1. The summed E-state index contributed by atoms with van der Waals surface area (Å²) in [6, 6.07) is 18.3. The lowest BCUT2D eigenvalue weighted by Crippen LogP contribution is -2.05. The van der Waals surface area contributed by atoms with Crippen LogP contribution in [0.25, 0.3) is 22.0 Å². The Bertz CT molecular complexity index is 1200. The van der Waals surface area contributed by atoms with E-state index >= 15 is 0 Å². The van der Waals surface area contributed by atoms with Gasteiger partial charge < -0.3 is 9.84 Å². The smallest absolute Gasteiger partial charge is 0.305 e. The predicted octanol–water partition coefficient (Wildman–Crippen LogP) is 5.20. The first-order valence-corrected chi connectivity index (χ1v) is 9.65. The highest BCUT2D eigenvalue weighted by Crippen LogP contribution is 2.26.